The highest BCUT2D eigenvalue weighted by Crippen LogP contribution is 2.21. The fraction of sp³-hybridized carbons (Fsp3) is 0.286. The molecule has 0 spiro atoms. The van der Waals surface area contributed by atoms with Crippen molar-refractivity contribution in [1.82, 2.24) is 14.8 Å². The highest BCUT2D eigenvalue weighted by molar-refractivity contribution is 7.99. The summed E-state index contributed by atoms with van der Waals surface area (Å²) in [5.41, 5.74) is 1.32. The molecule has 8 heteroatoms. The first-order valence-electron chi connectivity index (χ1n) is 9.17. The lowest BCUT2D eigenvalue weighted by atomic mass is 10.1. The van der Waals surface area contributed by atoms with Crippen LogP contribution in [0, 0.1) is 0 Å². The van der Waals surface area contributed by atoms with Gasteiger partial charge < -0.3 is 19.1 Å². The lowest BCUT2D eigenvalue weighted by molar-refractivity contribution is 0.0692. The van der Waals surface area contributed by atoms with Crippen LogP contribution in [0.2, 0.25) is 0 Å². The van der Waals surface area contributed by atoms with E-state index in [1.165, 1.54) is 6.07 Å². The standard InChI is InChI=1S/C21H23N3O4S/c1-24-19(14-15-8-10-16(27-2)11-9-15)22-23-21(24)29-13-5-12-28-18-7-4-3-6-17(18)20(25)26/h3-4,6-11H,5,12-14H2,1-2H3,(H,25,26). The van der Waals surface area contributed by atoms with E-state index >= 15 is 0 Å². The normalized spacial score (nSPS) is 10.7. The van der Waals surface area contributed by atoms with E-state index in [2.05, 4.69) is 10.2 Å². The molecule has 0 aliphatic carbocycles. The Labute approximate surface area is 173 Å². The van der Waals surface area contributed by atoms with Crippen LogP contribution in [0.25, 0.3) is 0 Å². The first kappa shape index (κ1) is 20.7. The average molecular weight is 413 g/mol. The van der Waals surface area contributed by atoms with E-state index in [1.54, 1.807) is 37.1 Å². The zero-order chi connectivity index (χ0) is 20.6. The topological polar surface area (TPSA) is 86.5 Å². The fourth-order valence-electron chi connectivity index (χ4n) is 2.72. The van der Waals surface area contributed by atoms with E-state index in [9.17, 15) is 9.90 Å². The molecular weight excluding hydrogens is 390 g/mol. The van der Waals surface area contributed by atoms with Crippen molar-refractivity contribution in [1.29, 1.82) is 0 Å². The summed E-state index contributed by atoms with van der Waals surface area (Å²) in [6.45, 7) is 0.438. The molecule has 0 aliphatic rings. The van der Waals surface area contributed by atoms with Crippen LogP contribution in [-0.4, -0.2) is 45.3 Å². The Morgan fingerprint density at radius 1 is 1.14 bits per heavy atom. The van der Waals surface area contributed by atoms with Crippen LogP contribution >= 0.6 is 11.8 Å². The summed E-state index contributed by atoms with van der Waals surface area (Å²) in [5.74, 6) is 1.92. The van der Waals surface area contributed by atoms with Gasteiger partial charge in [0.15, 0.2) is 5.16 Å². The third-order valence-electron chi connectivity index (χ3n) is 4.34. The molecule has 1 heterocycles. The van der Waals surface area contributed by atoms with Crippen LogP contribution in [0.15, 0.2) is 53.7 Å². The molecule has 0 atom stereocenters. The molecule has 2 aromatic carbocycles. The highest BCUT2D eigenvalue weighted by Gasteiger charge is 2.11. The molecule has 0 saturated carbocycles. The van der Waals surface area contributed by atoms with Gasteiger partial charge in [0, 0.05) is 19.2 Å². The van der Waals surface area contributed by atoms with Gasteiger partial charge in [-0.05, 0) is 36.2 Å². The average Bonchev–Trinajstić information content (AvgIpc) is 3.08. The molecule has 0 aliphatic heterocycles. The number of benzene rings is 2. The van der Waals surface area contributed by atoms with Gasteiger partial charge in [-0.2, -0.15) is 0 Å². The lowest BCUT2D eigenvalue weighted by Gasteiger charge is -2.08. The molecule has 0 bridgehead atoms. The monoisotopic (exact) mass is 413 g/mol. The summed E-state index contributed by atoms with van der Waals surface area (Å²) in [6, 6.07) is 14.6. The number of rotatable bonds is 10. The second kappa shape index (κ2) is 9.97. The fourth-order valence-corrected chi connectivity index (χ4v) is 3.57. The molecule has 7 nitrogen and oxygen atoms in total. The number of carboxylic acid groups (broad SMARTS) is 1. The van der Waals surface area contributed by atoms with Crippen LogP contribution < -0.4 is 9.47 Å². The van der Waals surface area contributed by atoms with Crippen LogP contribution in [0.1, 0.15) is 28.2 Å². The van der Waals surface area contributed by atoms with E-state index in [4.69, 9.17) is 9.47 Å². The third-order valence-corrected chi connectivity index (χ3v) is 5.45. The van der Waals surface area contributed by atoms with E-state index in [0.29, 0.717) is 18.8 Å². The second-order valence-electron chi connectivity index (χ2n) is 6.33. The van der Waals surface area contributed by atoms with Crippen LogP contribution in [0.5, 0.6) is 11.5 Å². The Hall–Kier alpha value is -3.00. The highest BCUT2D eigenvalue weighted by atomic mass is 32.2. The predicted molar refractivity (Wildman–Crippen MR) is 111 cm³/mol. The molecule has 3 rings (SSSR count). The van der Waals surface area contributed by atoms with E-state index in [-0.39, 0.29) is 5.56 Å². The van der Waals surface area contributed by atoms with Crippen molar-refractivity contribution in [3.63, 3.8) is 0 Å². The predicted octanol–water partition coefficient (Wildman–Crippen LogP) is 3.67. The molecular formula is C21H23N3O4S. The lowest BCUT2D eigenvalue weighted by Crippen LogP contribution is -2.05. The Bertz CT molecular complexity index is 957. The van der Waals surface area contributed by atoms with Crippen molar-refractivity contribution in [2.45, 2.75) is 18.0 Å². The minimum Gasteiger partial charge on any atom is -0.497 e. The van der Waals surface area contributed by atoms with Crippen molar-refractivity contribution in [2.75, 3.05) is 19.5 Å². The van der Waals surface area contributed by atoms with Crippen molar-refractivity contribution >= 4 is 17.7 Å². The number of ether oxygens (including phenoxy) is 2. The summed E-state index contributed by atoms with van der Waals surface area (Å²) in [7, 11) is 3.61. The minimum atomic E-state index is -0.988. The van der Waals surface area contributed by atoms with Gasteiger partial charge in [0.25, 0.3) is 0 Å². The molecule has 0 amide bonds. The van der Waals surface area contributed by atoms with Gasteiger partial charge in [-0.3, -0.25) is 0 Å². The van der Waals surface area contributed by atoms with Gasteiger partial charge in [-0.15, -0.1) is 10.2 Å². The molecule has 3 aromatic rings. The largest absolute Gasteiger partial charge is 0.497 e. The first-order chi connectivity index (χ1) is 14.1. The Kier molecular flexibility index (Phi) is 7.13. The Balaban J connectivity index is 1.47. The van der Waals surface area contributed by atoms with Gasteiger partial charge in [0.2, 0.25) is 0 Å². The quantitative estimate of drug-likeness (QED) is 0.401. The maximum atomic E-state index is 11.2. The van der Waals surface area contributed by atoms with Crippen LogP contribution in [0.4, 0.5) is 0 Å². The van der Waals surface area contributed by atoms with Gasteiger partial charge in [0.1, 0.15) is 22.9 Å². The Morgan fingerprint density at radius 2 is 1.90 bits per heavy atom. The number of hydrogen-bond acceptors (Lipinski definition) is 6. The number of carbonyl (C=O) groups is 1. The number of thioether (sulfide) groups is 1. The summed E-state index contributed by atoms with van der Waals surface area (Å²) in [6.07, 6.45) is 1.46. The van der Waals surface area contributed by atoms with Gasteiger partial charge in [-0.25, -0.2) is 4.79 Å². The van der Waals surface area contributed by atoms with E-state index < -0.39 is 5.97 Å². The summed E-state index contributed by atoms with van der Waals surface area (Å²) < 4.78 is 12.8. The van der Waals surface area contributed by atoms with E-state index in [0.717, 1.165) is 34.5 Å². The van der Waals surface area contributed by atoms with Crippen molar-refractivity contribution < 1.29 is 19.4 Å². The zero-order valence-corrected chi connectivity index (χ0v) is 17.2. The summed E-state index contributed by atoms with van der Waals surface area (Å²) in [5, 5.41) is 18.6. The SMILES string of the molecule is COc1ccc(Cc2nnc(SCCCOc3ccccc3C(=O)O)n2C)cc1. The molecule has 29 heavy (non-hydrogen) atoms. The number of methoxy groups -OCH3 is 1. The van der Waals surface area contributed by atoms with Gasteiger partial charge >= 0.3 is 5.97 Å². The number of aromatic carboxylic acids is 1. The number of carboxylic acids is 1. The molecule has 1 aromatic heterocycles. The van der Waals surface area contributed by atoms with Crippen molar-refractivity contribution in [3.05, 3.63) is 65.5 Å². The smallest absolute Gasteiger partial charge is 0.339 e. The summed E-state index contributed by atoms with van der Waals surface area (Å²) in [4.78, 5) is 11.2. The number of hydrogen-bond donors (Lipinski definition) is 1. The maximum Gasteiger partial charge on any atom is 0.339 e. The molecule has 152 valence electrons. The third kappa shape index (κ3) is 5.51. The second-order valence-corrected chi connectivity index (χ2v) is 7.40. The van der Waals surface area contributed by atoms with Crippen LogP contribution in [-0.2, 0) is 13.5 Å². The number of aromatic nitrogens is 3. The van der Waals surface area contributed by atoms with Crippen LogP contribution in [0.3, 0.4) is 0 Å². The zero-order valence-electron chi connectivity index (χ0n) is 16.4. The molecule has 0 radical (unpaired) electrons. The first-order valence-corrected chi connectivity index (χ1v) is 10.2. The number of nitrogens with zero attached hydrogens (tertiary/aromatic N) is 3. The molecule has 1 N–H and O–H groups in total. The minimum absolute atomic E-state index is 0.177. The van der Waals surface area contributed by atoms with Gasteiger partial charge in [0.05, 0.1) is 13.7 Å². The number of para-hydroxylation sites is 1. The maximum absolute atomic E-state index is 11.2. The van der Waals surface area contributed by atoms with E-state index in [1.807, 2.05) is 35.9 Å². The van der Waals surface area contributed by atoms with Gasteiger partial charge in [-0.1, -0.05) is 36.0 Å². The van der Waals surface area contributed by atoms with Crippen molar-refractivity contribution in [3.8, 4) is 11.5 Å². The summed E-state index contributed by atoms with van der Waals surface area (Å²) >= 11 is 1.60. The Morgan fingerprint density at radius 3 is 2.62 bits per heavy atom. The molecule has 0 fully saturated rings. The molecule has 0 saturated heterocycles. The molecule has 0 unspecified atom stereocenters. The van der Waals surface area contributed by atoms with Crippen molar-refractivity contribution in [2.24, 2.45) is 7.05 Å².